The van der Waals surface area contributed by atoms with Gasteiger partial charge in [-0.25, -0.2) is 0 Å². The molecule has 6 heteroatoms. The van der Waals surface area contributed by atoms with Crippen LogP contribution in [0.4, 0.5) is 5.69 Å². The summed E-state index contributed by atoms with van der Waals surface area (Å²) in [4.78, 5) is 16.5. The lowest BCUT2D eigenvalue weighted by Crippen LogP contribution is -2.26. The lowest BCUT2D eigenvalue weighted by molar-refractivity contribution is 0.0954. The van der Waals surface area contributed by atoms with E-state index in [0.29, 0.717) is 12.1 Å². The molecule has 1 unspecified atom stereocenters. The molecule has 2 aromatic rings. The minimum absolute atomic E-state index is 0.119. The first-order valence-electron chi connectivity index (χ1n) is 8.96. The molecular weight excluding hydrogens is 330 g/mol. The average Bonchev–Trinajstić information content (AvgIpc) is 3.21. The Labute approximate surface area is 153 Å². The minimum atomic E-state index is -0.119. The van der Waals surface area contributed by atoms with E-state index in [0.717, 1.165) is 49.4 Å². The van der Waals surface area contributed by atoms with Crippen LogP contribution in [0.1, 0.15) is 28.8 Å². The van der Waals surface area contributed by atoms with Crippen LogP contribution in [0.5, 0.6) is 5.75 Å². The lowest BCUT2D eigenvalue weighted by atomic mass is 10.1. The van der Waals surface area contributed by atoms with Crippen molar-refractivity contribution in [3.63, 3.8) is 0 Å². The van der Waals surface area contributed by atoms with Gasteiger partial charge in [-0.05, 0) is 43.0 Å². The van der Waals surface area contributed by atoms with Crippen LogP contribution < -0.4 is 15.4 Å². The number of rotatable bonds is 8. The van der Waals surface area contributed by atoms with Crippen molar-refractivity contribution in [1.29, 1.82) is 0 Å². The van der Waals surface area contributed by atoms with E-state index >= 15 is 0 Å². The average molecular weight is 355 g/mol. The Morgan fingerprint density at radius 2 is 2.15 bits per heavy atom. The van der Waals surface area contributed by atoms with Crippen LogP contribution in [0.2, 0.25) is 0 Å². The van der Waals surface area contributed by atoms with Gasteiger partial charge >= 0.3 is 0 Å². The number of carbonyl (C=O) groups is 1. The highest BCUT2D eigenvalue weighted by Gasteiger charge is 2.15. The number of methoxy groups -OCH3 is 1. The third kappa shape index (κ3) is 5.20. The second-order valence-corrected chi connectivity index (χ2v) is 6.33. The van der Waals surface area contributed by atoms with Gasteiger partial charge in [-0.3, -0.25) is 9.78 Å². The van der Waals surface area contributed by atoms with Crippen molar-refractivity contribution >= 4 is 11.6 Å². The van der Waals surface area contributed by atoms with Crippen LogP contribution in [-0.2, 0) is 11.2 Å². The molecule has 0 bridgehead atoms. The number of ether oxygens (including phenoxy) is 2. The van der Waals surface area contributed by atoms with Gasteiger partial charge in [-0.15, -0.1) is 0 Å². The smallest absolute Gasteiger partial charge is 0.252 e. The number of nitrogens with one attached hydrogen (secondary N) is 2. The number of pyridine rings is 1. The third-order valence-corrected chi connectivity index (χ3v) is 4.42. The summed E-state index contributed by atoms with van der Waals surface area (Å²) in [6.07, 6.45) is 6.51. The third-order valence-electron chi connectivity index (χ3n) is 4.42. The number of aromatic nitrogens is 1. The molecule has 0 spiro atoms. The number of nitrogens with zero attached hydrogens (tertiary/aromatic N) is 1. The molecule has 0 aliphatic carbocycles. The molecule has 1 saturated heterocycles. The summed E-state index contributed by atoms with van der Waals surface area (Å²) >= 11 is 0. The van der Waals surface area contributed by atoms with Crippen molar-refractivity contribution in [3.05, 3.63) is 53.9 Å². The fourth-order valence-corrected chi connectivity index (χ4v) is 2.91. The predicted molar refractivity (Wildman–Crippen MR) is 101 cm³/mol. The van der Waals surface area contributed by atoms with Crippen molar-refractivity contribution in [2.24, 2.45) is 0 Å². The Morgan fingerprint density at radius 3 is 2.88 bits per heavy atom. The number of anilines is 1. The summed E-state index contributed by atoms with van der Waals surface area (Å²) in [7, 11) is 1.65. The molecule has 1 aliphatic heterocycles. The molecule has 1 aromatic carbocycles. The molecule has 2 N–H and O–H groups in total. The number of amides is 1. The van der Waals surface area contributed by atoms with E-state index in [2.05, 4.69) is 15.6 Å². The normalized spacial score (nSPS) is 16.3. The van der Waals surface area contributed by atoms with E-state index in [-0.39, 0.29) is 12.0 Å². The molecule has 1 aliphatic rings. The van der Waals surface area contributed by atoms with Crippen LogP contribution in [0.15, 0.2) is 42.7 Å². The highest BCUT2D eigenvalue weighted by Crippen LogP contribution is 2.14. The summed E-state index contributed by atoms with van der Waals surface area (Å²) in [5.74, 6) is 0.711. The summed E-state index contributed by atoms with van der Waals surface area (Å²) in [5, 5.41) is 6.23. The van der Waals surface area contributed by atoms with Crippen molar-refractivity contribution in [2.75, 3.05) is 32.1 Å². The van der Waals surface area contributed by atoms with Crippen molar-refractivity contribution in [1.82, 2.24) is 10.3 Å². The van der Waals surface area contributed by atoms with Gasteiger partial charge in [0.05, 0.1) is 24.5 Å². The monoisotopic (exact) mass is 355 g/mol. The molecule has 1 amide bonds. The summed E-state index contributed by atoms with van der Waals surface area (Å²) < 4.78 is 10.7. The molecule has 1 aromatic heterocycles. The van der Waals surface area contributed by atoms with Gasteiger partial charge in [0.25, 0.3) is 5.91 Å². The Balaban J connectivity index is 1.46. The zero-order valence-electron chi connectivity index (χ0n) is 15.0. The Kier molecular flexibility index (Phi) is 6.44. The van der Waals surface area contributed by atoms with E-state index in [1.54, 1.807) is 19.5 Å². The van der Waals surface area contributed by atoms with E-state index in [1.165, 1.54) is 0 Å². The van der Waals surface area contributed by atoms with Gasteiger partial charge < -0.3 is 20.1 Å². The first-order valence-corrected chi connectivity index (χ1v) is 8.96. The standard InChI is InChI=1S/C20H25N3O3/c1-25-18-6-4-15(5-7-18)8-9-22-20(24)16-11-17(13-21-12-16)23-14-19-3-2-10-26-19/h4-7,11-13,19,23H,2-3,8-10,14H2,1H3,(H,22,24). The number of benzene rings is 1. The number of carbonyl (C=O) groups excluding carboxylic acids is 1. The second-order valence-electron chi connectivity index (χ2n) is 6.33. The van der Waals surface area contributed by atoms with Gasteiger partial charge in [-0.1, -0.05) is 12.1 Å². The topological polar surface area (TPSA) is 72.5 Å². The fourth-order valence-electron chi connectivity index (χ4n) is 2.91. The van der Waals surface area contributed by atoms with E-state index in [4.69, 9.17) is 9.47 Å². The highest BCUT2D eigenvalue weighted by atomic mass is 16.5. The van der Waals surface area contributed by atoms with Gasteiger partial charge in [0, 0.05) is 32.1 Å². The largest absolute Gasteiger partial charge is 0.497 e. The van der Waals surface area contributed by atoms with E-state index in [1.807, 2.05) is 30.3 Å². The maximum atomic E-state index is 12.3. The van der Waals surface area contributed by atoms with E-state index in [9.17, 15) is 4.79 Å². The molecule has 6 nitrogen and oxygen atoms in total. The Hall–Kier alpha value is -2.60. The molecule has 2 heterocycles. The first kappa shape index (κ1) is 18.2. The molecule has 26 heavy (non-hydrogen) atoms. The van der Waals surface area contributed by atoms with Gasteiger partial charge in [0.15, 0.2) is 0 Å². The molecule has 0 radical (unpaired) electrons. The van der Waals surface area contributed by atoms with E-state index < -0.39 is 0 Å². The summed E-state index contributed by atoms with van der Waals surface area (Å²) in [6.45, 7) is 2.14. The van der Waals surface area contributed by atoms with Crippen molar-refractivity contribution in [3.8, 4) is 5.75 Å². The van der Waals surface area contributed by atoms with Gasteiger partial charge in [-0.2, -0.15) is 0 Å². The zero-order chi connectivity index (χ0) is 18.2. The SMILES string of the molecule is COc1ccc(CCNC(=O)c2cncc(NCC3CCCO3)c2)cc1. The second kappa shape index (κ2) is 9.20. The van der Waals surface area contributed by atoms with Crippen LogP contribution in [-0.4, -0.2) is 43.8 Å². The van der Waals surface area contributed by atoms with Crippen molar-refractivity contribution in [2.45, 2.75) is 25.4 Å². The quantitative estimate of drug-likeness (QED) is 0.762. The number of hydrogen-bond acceptors (Lipinski definition) is 5. The molecule has 3 rings (SSSR count). The first-order chi connectivity index (χ1) is 12.7. The summed E-state index contributed by atoms with van der Waals surface area (Å²) in [5.41, 5.74) is 2.54. The van der Waals surface area contributed by atoms with Gasteiger partial charge in [0.1, 0.15) is 5.75 Å². The van der Waals surface area contributed by atoms with Crippen LogP contribution in [0.3, 0.4) is 0 Å². The summed E-state index contributed by atoms with van der Waals surface area (Å²) in [6, 6.07) is 9.67. The minimum Gasteiger partial charge on any atom is -0.497 e. The Bertz CT molecular complexity index is 712. The molecule has 0 saturated carbocycles. The highest BCUT2D eigenvalue weighted by molar-refractivity contribution is 5.94. The van der Waals surface area contributed by atoms with Crippen molar-refractivity contribution < 1.29 is 14.3 Å². The maximum absolute atomic E-state index is 12.3. The maximum Gasteiger partial charge on any atom is 0.252 e. The molecular formula is C20H25N3O3. The van der Waals surface area contributed by atoms with Gasteiger partial charge in [0.2, 0.25) is 0 Å². The van der Waals surface area contributed by atoms with Crippen LogP contribution in [0, 0.1) is 0 Å². The fraction of sp³-hybridized carbons (Fsp3) is 0.400. The predicted octanol–water partition coefficient (Wildman–Crippen LogP) is 2.65. The molecule has 1 atom stereocenters. The molecule has 1 fully saturated rings. The van der Waals surface area contributed by atoms with Crippen LogP contribution >= 0.6 is 0 Å². The Morgan fingerprint density at radius 1 is 1.31 bits per heavy atom. The van der Waals surface area contributed by atoms with Crippen LogP contribution in [0.25, 0.3) is 0 Å². The molecule has 138 valence electrons. The zero-order valence-corrected chi connectivity index (χ0v) is 15.0. The lowest BCUT2D eigenvalue weighted by Gasteiger charge is -2.12. The number of hydrogen-bond donors (Lipinski definition) is 2.